The van der Waals surface area contributed by atoms with Crippen LogP contribution in [0.5, 0.6) is 0 Å². The van der Waals surface area contributed by atoms with Gasteiger partial charge in [-0.25, -0.2) is 24.1 Å². The monoisotopic (exact) mass is 464 g/mol. The van der Waals surface area contributed by atoms with E-state index in [0.29, 0.717) is 36.1 Å². The summed E-state index contributed by atoms with van der Waals surface area (Å²) < 4.78 is 12.0. The number of fused-ring (bicyclic) bond motifs is 1. The highest BCUT2D eigenvalue weighted by Crippen LogP contribution is 2.23. The minimum atomic E-state index is -0.625. The Bertz CT molecular complexity index is 1200. The molecule has 9 nitrogen and oxygen atoms in total. The summed E-state index contributed by atoms with van der Waals surface area (Å²) in [6.45, 7) is 6.51. The fourth-order valence-corrected chi connectivity index (χ4v) is 3.82. The zero-order valence-electron chi connectivity index (χ0n) is 19.5. The highest BCUT2D eigenvalue weighted by molar-refractivity contribution is 6.01. The third-order valence-corrected chi connectivity index (χ3v) is 5.44. The van der Waals surface area contributed by atoms with Gasteiger partial charge in [0.25, 0.3) is 0 Å². The molecule has 0 saturated carbocycles. The fraction of sp³-hybridized carbons (Fsp3) is 0.360. The molecule has 1 amide bonds. The van der Waals surface area contributed by atoms with Gasteiger partial charge in [-0.2, -0.15) is 0 Å². The third-order valence-electron chi connectivity index (χ3n) is 5.44. The first-order valence-electron chi connectivity index (χ1n) is 11.2. The summed E-state index contributed by atoms with van der Waals surface area (Å²) in [5.74, 6) is -0.296. The summed E-state index contributed by atoms with van der Waals surface area (Å²) in [5.41, 5.74) is 4.60. The Morgan fingerprint density at radius 3 is 2.62 bits per heavy atom. The maximum Gasteiger partial charge on any atom is 0.422 e. The number of carbonyl (C=O) groups is 3. The lowest BCUT2D eigenvalue weighted by Crippen LogP contribution is -2.41. The average molecular weight is 465 g/mol. The molecule has 1 unspecified atom stereocenters. The summed E-state index contributed by atoms with van der Waals surface area (Å²) in [5, 5.41) is 1.70. The molecule has 1 fully saturated rings. The first kappa shape index (κ1) is 23.4. The van der Waals surface area contributed by atoms with Crippen molar-refractivity contribution in [3.05, 3.63) is 66.0 Å². The van der Waals surface area contributed by atoms with Gasteiger partial charge in [0.15, 0.2) is 5.78 Å². The minimum absolute atomic E-state index is 0.0318. The van der Waals surface area contributed by atoms with Crippen molar-refractivity contribution in [2.45, 2.75) is 39.4 Å². The molecule has 1 aromatic heterocycles. The number of carbonyl (C=O) groups excluding carboxylic acids is 3. The van der Waals surface area contributed by atoms with Gasteiger partial charge >= 0.3 is 12.2 Å². The predicted molar refractivity (Wildman–Crippen MR) is 125 cm³/mol. The van der Waals surface area contributed by atoms with Gasteiger partial charge in [-0.1, -0.05) is 30.3 Å². The lowest BCUT2D eigenvalue weighted by molar-refractivity contribution is 0.0543. The lowest BCUT2D eigenvalue weighted by Gasteiger charge is -2.19. The van der Waals surface area contributed by atoms with E-state index in [4.69, 9.17) is 9.47 Å². The molecule has 2 heterocycles. The molecule has 0 spiro atoms. The van der Waals surface area contributed by atoms with E-state index in [1.807, 2.05) is 30.3 Å². The van der Waals surface area contributed by atoms with Gasteiger partial charge in [-0.15, -0.1) is 0 Å². The molecule has 1 atom stereocenters. The molecule has 0 radical (unpaired) electrons. The SMILES string of the molecule is CC(C)(C)OC(=O)n1cnc2cc(C(=O)C3CCN(NC(=O)OCc4ccccc4)C3)ccc21. The largest absolute Gasteiger partial charge is 0.444 e. The van der Waals surface area contributed by atoms with Crippen LogP contribution >= 0.6 is 0 Å². The zero-order valence-corrected chi connectivity index (χ0v) is 19.5. The van der Waals surface area contributed by atoms with Crippen molar-refractivity contribution >= 4 is 29.0 Å². The number of hydrazine groups is 1. The van der Waals surface area contributed by atoms with Crippen molar-refractivity contribution in [3.63, 3.8) is 0 Å². The second-order valence-electron chi connectivity index (χ2n) is 9.27. The molecule has 1 N–H and O–H groups in total. The maximum atomic E-state index is 13.1. The number of benzene rings is 2. The summed E-state index contributed by atoms with van der Waals surface area (Å²) in [7, 11) is 0. The molecule has 0 bridgehead atoms. The number of hydrogen-bond donors (Lipinski definition) is 1. The van der Waals surface area contributed by atoms with E-state index in [-0.39, 0.29) is 18.3 Å². The summed E-state index contributed by atoms with van der Waals surface area (Å²) >= 11 is 0. The standard InChI is InChI=1S/C25H28N4O5/c1-25(2,3)34-24(32)29-16-26-20-13-18(9-10-21(20)29)22(30)19-11-12-28(14-19)27-23(31)33-15-17-7-5-4-6-8-17/h4-10,13,16,19H,11-12,14-15H2,1-3H3,(H,27,31). The van der Waals surface area contributed by atoms with Crippen LogP contribution < -0.4 is 5.43 Å². The normalized spacial score (nSPS) is 16.4. The maximum absolute atomic E-state index is 13.1. The number of nitrogens with one attached hydrogen (secondary N) is 1. The van der Waals surface area contributed by atoms with Gasteiger partial charge in [0.2, 0.25) is 0 Å². The molecular formula is C25H28N4O5. The van der Waals surface area contributed by atoms with Crippen molar-refractivity contribution in [1.82, 2.24) is 20.0 Å². The molecule has 3 aromatic rings. The Morgan fingerprint density at radius 1 is 1.12 bits per heavy atom. The van der Waals surface area contributed by atoms with E-state index >= 15 is 0 Å². The van der Waals surface area contributed by atoms with Crippen LogP contribution in [0.4, 0.5) is 9.59 Å². The van der Waals surface area contributed by atoms with E-state index < -0.39 is 17.8 Å². The number of rotatable bonds is 5. The van der Waals surface area contributed by atoms with Gasteiger partial charge in [0.05, 0.1) is 11.0 Å². The molecule has 9 heteroatoms. The molecule has 178 valence electrons. The average Bonchev–Trinajstić information content (AvgIpc) is 3.43. The van der Waals surface area contributed by atoms with Gasteiger partial charge < -0.3 is 9.47 Å². The number of amides is 1. The second kappa shape index (κ2) is 9.64. The molecule has 2 aromatic carbocycles. The predicted octanol–water partition coefficient (Wildman–Crippen LogP) is 4.17. The van der Waals surface area contributed by atoms with E-state index in [1.54, 1.807) is 44.0 Å². The molecule has 4 rings (SSSR count). The summed E-state index contributed by atoms with van der Waals surface area (Å²) in [4.78, 5) is 41.8. The van der Waals surface area contributed by atoms with Crippen LogP contribution in [-0.2, 0) is 16.1 Å². The van der Waals surface area contributed by atoms with Crippen LogP contribution in [0.2, 0.25) is 0 Å². The number of hydrogen-bond acceptors (Lipinski definition) is 7. The summed E-state index contributed by atoms with van der Waals surface area (Å²) in [6, 6.07) is 14.5. The molecule has 34 heavy (non-hydrogen) atoms. The molecule has 1 aliphatic heterocycles. The number of ether oxygens (including phenoxy) is 2. The van der Waals surface area contributed by atoms with Crippen molar-refractivity contribution in [2.75, 3.05) is 13.1 Å². The van der Waals surface area contributed by atoms with Gasteiger partial charge in [-0.05, 0) is 51.0 Å². The van der Waals surface area contributed by atoms with Crippen LogP contribution in [0.1, 0.15) is 43.1 Å². The third kappa shape index (κ3) is 5.60. The Morgan fingerprint density at radius 2 is 1.88 bits per heavy atom. The van der Waals surface area contributed by atoms with Crippen LogP contribution in [0.15, 0.2) is 54.9 Å². The highest BCUT2D eigenvalue weighted by Gasteiger charge is 2.30. The molecule has 1 saturated heterocycles. The smallest absolute Gasteiger partial charge is 0.422 e. The van der Waals surface area contributed by atoms with Gasteiger partial charge in [-0.3, -0.25) is 10.2 Å². The molecular weight excluding hydrogens is 436 g/mol. The first-order valence-corrected chi connectivity index (χ1v) is 11.2. The second-order valence-corrected chi connectivity index (χ2v) is 9.27. The molecule has 1 aliphatic rings. The van der Waals surface area contributed by atoms with E-state index in [2.05, 4.69) is 10.4 Å². The topological polar surface area (TPSA) is 103 Å². The Labute approximate surface area is 197 Å². The number of ketones is 1. The van der Waals surface area contributed by atoms with Gasteiger partial charge in [0, 0.05) is 24.6 Å². The van der Waals surface area contributed by atoms with Gasteiger partial charge in [0.1, 0.15) is 18.5 Å². The number of aromatic nitrogens is 2. The molecule has 0 aliphatic carbocycles. The van der Waals surface area contributed by atoms with Crippen LogP contribution in [0.3, 0.4) is 0 Å². The first-order chi connectivity index (χ1) is 16.2. The zero-order chi connectivity index (χ0) is 24.3. The Balaban J connectivity index is 1.34. The van der Waals surface area contributed by atoms with Crippen LogP contribution in [0.25, 0.3) is 11.0 Å². The van der Waals surface area contributed by atoms with Crippen molar-refractivity contribution in [2.24, 2.45) is 5.92 Å². The van der Waals surface area contributed by atoms with E-state index in [1.165, 1.54) is 10.9 Å². The van der Waals surface area contributed by atoms with E-state index in [0.717, 1.165) is 5.56 Å². The number of nitrogens with zero attached hydrogens (tertiary/aromatic N) is 3. The quantitative estimate of drug-likeness (QED) is 0.566. The highest BCUT2D eigenvalue weighted by atomic mass is 16.6. The number of imidazole rings is 1. The van der Waals surface area contributed by atoms with Crippen molar-refractivity contribution < 1.29 is 23.9 Å². The minimum Gasteiger partial charge on any atom is -0.444 e. The Hall–Kier alpha value is -3.72. The fourth-order valence-electron chi connectivity index (χ4n) is 3.82. The number of Topliss-reactive ketones (excluding diaryl/α,β-unsaturated/α-hetero) is 1. The van der Waals surface area contributed by atoms with E-state index in [9.17, 15) is 14.4 Å². The van der Waals surface area contributed by atoms with Crippen molar-refractivity contribution in [1.29, 1.82) is 0 Å². The van der Waals surface area contributed by atoms with Crippen LogP contribution in [0, 0.1) is 5.92 Å². The van der Waals surface area contributed by atoms with Crippen molar-refractivity contribution in [3.8, 4) is 0 Å². The Kier molecular flexibility index (Phi) is 6.65. The van der Waals surface area contributed by atoms with Crippen LogP contribution in [-0.4, -0.2) is 51.2 Å². The lowest BCUT2D eigenvalue weighted by atomic mass is 9.97. The summed E-state index contributed by atoms with van der Waals surface area (Å²) in [6.07, 6.45) is 0.939.